The van der Waals surface area contributed by atoms with Crippen LogP contribution in [0.5, 0.6) is 0 Å². The third-order valence-electron chi connectivity index (χ3n) is 2.96. The fraction of sp³-hybridized carbons (Fsp3) is 0.625. The van der Waals surface area contributed by atoms with E-state index in [0.29, 0.717) is 6.04 Å². The number of hydrogen-bond acceptors (Lipinski definition) is 3. The summed E-state index contributed by atoms with van der Waals surface area (Å²) in [5, 5.41) is 3.53. The van der Waals surface area contributed by atoms with Gasteiger partial charge in [-0.3, -0.25) is 4.90 Å². The van der Waals surface area contributed by atoms with E-state index in [1.54, 1.807) is 0 Å². The lowest BCUT2D eigenvalue weighted by molar-refractivity contribution is 0.239. The molecule has 0 aliphatic rings. The maximum Gasteiger partial charge on any atom is 0.0334 e. The molecule has 0 aromatic carbocycles. The molecule has 0 saturated carbocycles. The van der Waals surface area contributed by atoms with Crippen LogP contribution in [0.4, 0.5) is 0 Å². The summed E-state index contributed by atoms with van der Waals surface area (Å²) in [7, 11) is 0. The standard InChI is InChI=1S/C16H28N2S/c1-7-10-18(13(2)3)12-15-9-8-14(19-15)11-17-16(4,5)6/h7-9,13,17H,1,10-12H2,2-6H3. The Balaban J connectivity index is 2.56. The minimum Gasteiger partial charge on any atom is -0.307 e. The molecule has 1 aromatic heterocycles. The highest BCUT2D eigenvalue weighted by molar-refractivity contribution is 7.11. The van der Waals surface area contributed by atoms with Crippen LogP contribution in [-0.2, 0) is 13.1 Å². The molecule has 0 saturated heterocycles. The Morgan fingerprint density at radius 2 is 1.95 bits per heavy atom. The van der Waals surface area contributed by atoms with Crippen molar-refractivity contribution in [1.82, 2.24) is 10.2 Å². The van der Waals surface area contributed by atoms with Crippen molar-refractivity contribution >= 4 is 11.3 Å². The minimum absolute atomic E-state index is 0.178. The molecule has 0 fully saturated rings. The summed E-state index contributed by atoms with van der Waals surface area (Å²) < 4.78 is 0. The molecule has 0 aliphatic carbocycles. The number of hydrogen-bond donors (Lipinski definition) is 1. The summed E-state index contributed by atoms with van der Waals surface area (Å²) in [6.07, 6.45) is 1.98. The van der Waals surface area contributed by atoms with Crippen LogP contribution in [0.1, 0.15) is 44.4 Å². The van der Waals surface area contributed by atoms with Crippen molar-refractivity contribution in [3.8, 4) is 0 Å². The first-order chi connectivity index (χ1) is 8.81. The smallest absolute Gasteiger partial charge is 0.0334 e. The van der Waals surface area contributed by atoms with Gasteiger partial charge < -0.3 is 5.32 Å². The van der Waals surface area contributed by atoms with Crippen LogP contribution in [0.3, 0.4) is 0 Å². The molecule has 108 valence electrons. The first-order valence-electron chi connectivity index (χ1n) is 6.99. The van der Waals surface area contributed by atoms with Gasteiger partial charge in [-0.05, 0) is 46.8 Å². The Labute approximate surface area is 122 Å². The van der Waals surface area contributed by atoms with Crippen LogP contribution in [0.2, 0.25) is 0 Å². The van der Waals surface area contributed by atoms with Crippen LogP contribution < -0.4 is 5.32 Å². The molecule has 0 aliphatic heterocycles. The molecule has 0 bridgehead atoms. The molecule has 0 unspecified atom stereocenters. The van der Waals surface area contributed by atoms with Crippen LogP contribution in [0.15, 0.2) is 24.8 Å². The zero-order chi connectivity index (χ0) is 14.5. The summed E-state index contributed by atoms with van der Waals surface area (Å²) in [6, 6.07) is 5.05. The van der Waals surface area contributed by atoms with E-state index >= 15 is 0 Å². The van der Waals surface area contributed by atoms with Gasteiger partial charge in [0, 0.05) is 41.0 Å². The van der Waals surface area contributed by atoms with Gasteiger partial charge in [-0.2, -0.15) is 0 Å². The highest BCUT2D eigenvalue weighted by Gasteiger charge is 2.12. The van der Waals surface area contributed by atoms with Crippen molar-refractivity contribution in [2.45, 2.75) is 59.3 Å². The molecule has 1 aromatic rings. The fourth-order valence-electron chi connectivity index (χ4n) is 1.78. The summed E-state index contributed by atoms with van der Waals surface area (Å²) in [6.45, 7) is 17.8. The van der Waals surface area contributed by atoms with Crippen molar-refractivity contribution in [2.24, 2.45) is 0 Å². The maximum atomic E-state index is 3.84. The zero-order valence-electron chi connectivity index (χ0n) is 13.0. The summed E-state index contributed by atoms with van der Waals surface area (Å²) in [5.74, 6) is 0. The van der Waals surface area contributed by atoms with Gasteiger partial charge >= 0.3 is 0 Å². The average Bonchev–Trinajstić information content (AvgIpc) is 2.72. The SMILES string of the molecule is C=CCN(Cc1ccc(CNC(C)(C)C)s1)C(C)C. The molecule has 0 radical (unpaired) electrons. The largest absolute Gasteiger partial charge is 0.307 e. The summed E-state index contributed by atoms with van der Waals surface area (Å²) >= 11 is 1.91. The third-order valence-corrected chi connectivity index (χ3v) is 4.03. The van der Waals surface area contributed by atoms with E-state index in [1.165, 1.54) is 9.75 Å². The van der Waals surface area contributed by atoms with Crippen molar-refractivity contribution in [2.75, 3.05) is 6.54 Å². The maximum absolute atomic E-state index is 3.84. The Kier molecular flexibility index (Phi) is 6.24. The third kappa shape index (κ3) is 6.37. The second-order valence-corrected chi connectivity index (χ2v) is 7.54. The van der Waals surface area contributed by atoms with E-state index in [-0.39, 0.29) is 5.54 Å². The first kappa shape index (κ1) is 16.4. The van der Waals surface area contributed by atoms with E-state index in [0.717, 1.165) is 19.6 Å². The zero-order valence-corrected chi connectivity index (χ0v) is 13.8. The van der Waals surface area contributed by atoms with E-state index in [4.69, 9.17) is 0 Å². The summed E-state index contributed by atoms with van der Waals surface area (Å²) in [4.78, 5) is 5.27. The molecular formula is C16H28N2S. The minimum atomic E-state index is 0.178. The molecule has 1 N–H and O–H groups in total. The average molecular weight is 280 g/mol. The molecule has 2 nitrogen and oxygen atoms in total. The predicted octanol–water partition coefficient (Wildman–Crippen LogP) is 4.03. The van der Waals surface area contributed by atoms with Gasteiger partial charge in [0.2, 0.25) is 0 Å². The van der Waals surface area contributed by atoms with E-state index in [1.807, 2.05) is 17.4 Å². The van der Waals surface area contributed by atoms with Crippen LogP contribution in [0.25, 0.3) is 0 Å². The van der Waals surface area contributed by atoms with Gasteiger partial charge in [-0.15, -0.1) is 17.9 Å². The van der Waals surface area contributed by atoms with Gasteiger partial charge in [0.15, 0.2) is 0 Å². The predicted molar refractivity (Wildman–Crippen MR) is 86.7 cm³/mol. The van der Waals surface area contributed by atoms with Gasteiger partial charge in [-0.1, -0.05) is 6.08 Å². The topological polar surface area (TPSA) is 15.3 Å². The number of nitrogens with one attached hydrogen (secondary N) is 1. The molecule has 3 heteroatoms. The summed E-state index contributed by atoms with van der Waals surface area (Å²) in [5.41, 5.74) is 0.178. The highest BCUT2D eigenvalue weighted by atomic mass is 32.1. The van der Waals surface area contributed by atoms with Gasteiger partial charge in [-0.25, -0.2) is 0 Å². The Morgan fingerprint density at radius 1 is 1.32 bits per heavy atom. The first-order valence-corrected chi connectivity index (χ1v) is 7.81. The Hall–Kier alpha value is -0.640. The lowest BCUT2D eigenvalue weighted by atomic mass is 10.1. The van der Waals surface area contributed by atoms with Crippen molar-refractivity contribution in [3.05, 3.63) is 34.5 Å². The lowest BCUT2D eigenvalue weighted by Gasteiger charge is -2.24. The molecule has 19 heavy (non-hydrogen) atoms. The number of thiophene rings is 1. The number of rotatable bonds is 7. The Bertz CT molecular complexity index is 388. The van der Waals surface area contributed by atoms with Crippen molar-refractivity contribution in [3.63, 3.8) is 0 Å². The molecule has 1 rings (SSSR count). The highest BCUT2D eigenvalue weighted by Crippen LogP contribution is 2.20. The van der Waals surface area contributed by atoms with Gasteiger partial charge in [0.25, 0.3) is 0 Å². The quantitative estimate of drug-likeness (QED) is 0.759. The van der Waals surface area contributed by atoms with Crippen LogP contribution in [-0.4, -0.2) is 23.0 Å². The van der Waals surface area contributed by atoms with E-state index in [9.17, 15) is 0 Å². The van der Waals surface area contributed by atoms with Crippen molar-refractivity contribution < 1.29 is 0 Å². The molecule has 0 amide bonds. The van der Waals surface area contributed by atoms with E-state index < -0.39 is 0 Å². The monoisotopic (exact) mass is 280 g/mol. The van der Waals surface area contributed by atoms with Gasteiger partial charge in [0.1, 0.15) is 0 Å². The lowest BCUT2D eigenvalue weighted by Crippen LogP contribution is -2.34. The van der Waals surface area contributed by atoms with Gasteiger partial charge in [0.05, 0.1) is 0 Å². The number of nitrogens with zero attached hydrogens (tertiary/aromatic N) is 1. The molecular weight excluding hydrogens is 252 g/mol. The molecule has 1 heterocycles. The normalized spacial score (nSPS) is 12.4. The van der Waals surface area contributed by atoms with Crippen LogP contribution >= 0.6 is 11.3 Å². The fourth-order valence-corrected chi connectivity index (χ4v) is 2.76. The van der Waals surface area contributed by atoms with Crippen LogP contribution in [0, 0.1) is 0 Å². The molecule has 0 atom stereocenters. The van der Waals surface area contributed by atoms with Crippen molar-refractivity contribution in [1.29, 1.82) is 0 Å². The van der Waals surface area contributed by atoms with E-state index in [2.05, 4.69) is 63.5 Å². The second-order valence-electron chi connectivity index (χ2n) is 6.28. The Morgan fingerprint density at radius 3 is 2.47 bits per heavy atom. The molecule has 0 spiro atoms. The second kappa shape index (κ2) is 7.22.